The van der Waals surface area contributed by atoms with Gasteiger partial charge in [0, 0.05) is 19.3 Å². The van der Waals surface area contributed by atoms with Gasteiger partial charge in [-0.1, -0.05) is 305 Å². The summed E-state index contributed by atoms with van der Waals surface area (Å²) >= 11 is 0. The van der Waals surface area contributed by atoms with Gasteiger partial charge in [-0.2, -0.15) is 0 Å². The van der Waals surface area contributed by atoms with Gasteiger partial charge in [-0.05, 0) is 116 Å². The van der Waals surface area contributed by atoms with Crippen molar-refractivity contribution in [3.8, 4) is 0 Å². The first kappa shape index (κ1) is 77.6. The lowest BCUT2D eigenvalue weighted by Crippen LogP contribution is -2.30. The van der Waals surface area contributed by atoms with E-state index < -0.39 is 6.10 Å². The summed E-state index contributed by atoms with van der Waals surface area (Å²) in [5, 5.41) is 0. The molecule has 0 aromatic carbocycles. The maximum Gasteiger partial charge on any atom is 0.306 e. The summed E-state index contributed by atoms with van der Waals surface area (Å²) in [6.45, 7) is 6.53. The molecule has 0 fully saturated rings. The molecule has 0 aliphatic carbocycles. The molecule has 0 spiro atoms. The van der Waals surface area contributed by atoms with Crippen LogP contribution in [-0.2, 0) is 28.6 Å². The maximum absolute atomic E-state index is 12.9. The van der Waals surface area contributed by atoms with E-state index in [9.17, 15) is 14.4 Å². The van der Waals surface area contributed by atoms with Crippen molar-refractivity contribution >= 4 is 17.9 Å². The molecular weight excluding hydrogens is 997 g/mol. The van der Waals surface area contributed by atoms with E-state index in [-0.39, 0.29) is 31.1 Å². The van der Waals surface area contributed by atoms with Crippen LogP contribution < -0.4 is 0 Å². The van der Waals surface area contributed by atoms with Gasteiger partial charge in [0.25, 0.3) is 0 Å². The van der Waals surface area contributed by atoms with Crippen molar-refractivity contribution in [3.05, 3.63) is 85.1 Å². The predicted molar refractivity (Wildman–Crippen MR) is 353 cm³/mol. The van der Waals surface area contributed by atoms with Crippen LogP contribution in [-0.4, -0.2) is 37.2 Å². The fourth-order valence-electron chi connectivity index (χ4n) is 10.1. The molecule has 1 atom stereocenters. The van der Waals surface area contributed by atoms with Crippen LogP contribution >= 0.6 is 0 Å². The summed E-state index contributed by atoms with van der Waals surface area (Å²) in [4.78, 5) is 38.4. The van der Waals surface area contributed by atoms with Gasteiger partial charge in [0.1, 0.15) is 13.2 Å². The lowest BCUT2D eigenvalue weighted by molar-refractivity contribution is -0.167. The minimum Gasteiger partial charge on any atom is -0.462 e. The number of hydrogen-bond donors (Lipinski definition) is 0. The van der Waals surface area contributed by atoms with E-state index in [1.54, 1.807) is 0 Å². The van der Waals surface area contributed by atoms with Crippen LogP contribution in [0.25, 0.3) is 0 Å². The monoisotopic (exact) mass is 1130 g/mol. The summed E-state index contributed by atoms with van der Waals surface area (Å²) in [6.07, 6.45) is 91.8. The molecule has 0 aromatic rings. The lowest BCUT2D eigenvalue weighted by Gasteiger charge is -2.18. The van der Waals surface area contributed by atoms with Crippen LogP contribution in [0.2, 0.25) is 0 Å². The molecule has 0 aliphatic heterocycles. The molecule has 0 amide bonds. The van der Waals surface area contributed by atoms with E-state index in [2.05, 4.69) is 106 Å². The van der Waals surface area contributed by atoms with Crippen molar-refractivity contribution in [3.63, 3.8) is 0 Å². The number of ether oxygens (including phenoxy) is 3. The zero-order valence-electron chi connectivity index (χ0n) is 53.8. The van der Waals surface area contributed by atoms with Gasteiger partial charge in [-0.15, -0.1) is 0 Å². The quantitative estimate of drug-likeness (QED) is 0.0261. The molecule has 0 rings (SSSR count). The smallest absolute Gasteiger partial charge is 0.306 e. The van der Waals surface area contributed by atoms with Crippen LogP contribution in [0.4, 0.5) is 0 Å². The van der Waals surface area contributed by atoms with E-state index in [0.29, 0.717) is 19.3 Å². The molecule has 0 aliphatic rings. The second-order valence-corrected chi connectivity index (χ2v) is 23.4. The lowest BCUT2D eigenvalue weighted by atomic mass is 10.0. The van der Waals surface area contributed by atoms with Gasteiger partial charge in [-0.25, -0.2) is 0 Å². The fourth-order valence-corrected chi connectivity index (χ4v) is 10.1. The van der Waals surface area contributed by atoms with Gasteiger partial charge in [-0.3, -0.25) is 14.4 Å². The highest BCUT2D eigenvalue weighted by Crippen LogP contribution is 2.17. The van der Waals surface area contributed by atoms with Gasteiger partial charge < -0.3 is 14.2 Å². The molecule has 6 heteroatoms. The molecule has 0 N–H and O–H groups in total. The number of carbonyl (C=O) groups is 3. The molecule has 1 unspecified atom stereocenters. The van der Waals surface area contributed by atoms with Crippen LogP contribution in [0, 0.1) is 0 Å². The second kappa shape index (κ2) is 69.1. The predicted octanol–water partition coefficient (Wildman–Crippen LogP) is 24.2. The summed E-state index contributed by atoms with van der Waals surface area (Å²) in [6, 6.07) is 0. The first-order valence-electron chi connectivity index (χ1n) is 35.1. The Labute approximate surface area is 503 Å². The van der Waals surface area contributed by atoms with Crippen LogP contribution in [0.1, 0.15) is 355 Å². The van der Waals surface area contributed by atoms with E-state index in [0.717, 1.165) is 103 Å². The van der Waals surface area contributed by atoms with Crippen molar-refractivity contribution in [1.29, 1.82) is 0 Å². The van der Waals surface area contributed by atoms with Gasteiger partial charge in [0.05, 0.1) is 0 Å². The average molecular weight is 1130 g/mol. The van der Waals surface area contributed by atoms with Crippen molar-refractivity contribution < 1.29 is 28.6 Å². The van der Waals surface area contributed by atoms with Gasteiger partial charge in [0.2, 0.25) is 0 Å². The highest BCUT2D eigenvalue weighted by Gasteiger charge is 2.19. The van der Waals surface area contributed by atoms with Crippen molar-refractivity contribution in [2.75, 3.05) is 13.2 Å². The first-order chi connectivity index (χ1) is 40.0. The van der Waals surface area contributed by atoms with E-state index >= 15 is 0 Å². The molecule has 0 radical (unpaired) electrons. The normalized spacial score (nSPS) is 12.6. The molecule has 0 saturated heterocycles. The Kier molecular flexibility index (Phi) is 66.2. The SMILES string of the molecule is CC/C=C\C/C=C\C/C=C\C/C=C\CCCCCCCCCCCCCCCCCCC(=O)OCC(COC(=O)CCCCCCC/C=C\C/C=C\CCCCC)OC(=O)CCCCCCCCCCC/C=C\CCCCCCCC. The number of esters is 3. The minimum absolute atomic E-state index is 0.0786. The zero-order chi connectivity index (χ0) is 58.5. The number of unbranched alkanes of at least 4 members (excludes halogenated alkanes) is 39. The summed E-state index contributed by atoms with van der Waals surface area (Å²) < 4.78 is 17.0. The maximum atomic E-state index is 12.9. The third kappa shape index (κ3) is 67.3. The average Bonchev–Trinajstić information content (AvgIpc) is 3.47. The third-order valence-electron chi connectivity index (χ3n) is 15.4. The Morgan fingerprint density at radius 2 is 0.481 bits per heavy atom. The Morgan fingerprint density at radius 1 is 0.259 bits per heavy atom. The standard InChI is InChI=1S/C75H132O6/c1-4-7-10-13-16-19-22-25-28-30-32-33-34-35-36-37-38-39-40-41-43-44-47-50-53-56-59-62-65-68-74(77)80-71-72(70-79-73(76)67-64-61-58-55-52-49-46-27-24-21-18-15-12-9-6-3)81-75(78)69-66-63-60-57-54-51-48-45-42-31-29-26-23-20-17-14-11-8-5-2/h7,10,16,18-19,21,25-29,32-33,46,72H,4-6,8-9,11-15,17,20,22-24,30-31,34-45,47-71H2,1-3H3/b10-7-,19-16-,21-18-,28-25-,29-26-,33-32-,46-27-. The Bertz CT molecular complexity index is 1530. The second-order valence-electron chi connectivity index (χ2n) is 23.4. The summed E-state index contributed by atoms with van der Waals surface area (Å²) in [5.74, 6) is -0.876. The molecule has 0 heterocycles. The summed E-state index contributed by atoms with van der Waals surface area (Å²) in [5.41, 5.74) is 0. The van der Waals surface area contributed by atoms with E-state index in [1.165, 1.54) is 212 Å². The highest BCUT2D eigenvalue weighted by atomic mass is 16.6. The Hall–Kier alpha value is -3.41. The van der Waals surface area contributed by atoms with E-state index in [4.69, 9.17) is 14.2 Å². The first-order valence-corrected chi connectivity index (χ1v) is 35.1. The number of allylic oxidation sites excluding steroid dienone is 14. The van der Waals surface area contributed by atoms with Gasteiger partial charge >= 0.3 is 17.9 Å². The van der Waals surface area contributed by atoms with Crippen molar-refractivity contribution in [1.82, 2.24) is 0 Å². The minimum atomic E-state index is -0.784. The molecule has 81 heavy (non-hydrogen) atoms. The number of hydrogen-bond acceptors (Lipinski definition) is 6. The Morgan fingerprint density at radius 3 is 0.790 bits per heavy atom. The number of rotatable bonds is 64. The summed E-state index contributed by atoms with van der Waals surface area (Å²) in [7, 11) is 0. The molecule has 468 valence electrons. The topological polar surface area (TPSA) is 78.9 Å². The molecule has 6 nitrogen and oxygen atoms in total. The largest absolute Gasteiger partial charge is 0.462 e. The van der Waals surface area contributed by atoms with Crippen LogP contribution in [0.5, 0.6) is 0 Å². The third-order valence-corrected chi connectivity index (χ3v) is 15.4. The van der Waals surface area contributed by atoms with Crippen LogP contribution in [0.15, 0.2) is 85.1 Å². The molecule has 0 bridgehead atoms. The molecule has 0 aromatic heterocycles. The Balaban J connectivity index is 4.26. The van der Waals surface area contributed by atoms with Crippen LogP contribution in [0.3, 0.4) is 0 Å². The zero-order valence-corrected chi connectivity index (χ0v) is 53.8. The molecule has 0 saturated carbocycles. The van der Waals surface area contributed by atoms with Gasteiger partial charge in [0.15, 0.2) is 6.10 Å². The highest BCUT2D eigenvalue weighted by molar-refractivity contribution is 5.71. The van der Waals surface area contributed by atoms with E-state index in [1.807, 2.05) is 0 Å². The molecular formula is C75H132O6. The number of carbonyl (C=O) groups excluding carboxylic acids is 3. The van der Waals surface area contributed by atoms with Crippen molar-refractivity contribution in [2.24, 2.45) is 0 Å². The van der Waals surface area contributed by atoms with Crippen molar-refractivity contribution in [2.45, 2.75) is 361 Å². The fraction of sp³-hybridized carbons (Fsp3) is 0.773.